The lowest BCUT2D eigenvalue weighted by molar-refractivity contribution is -0.0295. The van der Waals surface area contributed by atoms with Crippen LogP contribution in [0.15, 0.2) is 6.07 Å². The molecule has 134 valence electrons. The van der Waals surface area contributed by atoms with Gasteiger partial charge in [-0.25, -0.2) is 0 Å². The fourth-order valence-electron chi connectivity index (χ4n) is 3.66. The lowest BCUT2D eigenvalue weighted by Crippen LogP contribution is -2.48. The van der Waals surface area contributed by atoms with Gasteiger partial charge in [0, 0.05) is 31.1 Å². The second-order valence-corrected chi connectivity index (χ2v) is 8.61. The van der Waals surface area contributed by atoms with Crippen molar-refractivity contribution in [3.63, 3.8) is 0 Å². The molecular weight excluding hydrogens is 320 g/mol. The third-order valence-electron chi connectivity index (χ3n) is 4.81. The Morgan fingerprint density at radius 1 is 1.38 bits per heavy atom. The molecule has 2 heterocycles. The summed E-state index contributed by atoms with van der Waals surface area (Å²) in [6.45, 7) is 8.88. The molecule has 1 amide bonds. The van der Waals surface area contributed by atoms with E-state index in [0.717, 1.165) is 44.0 Å². The maximum Gasteiger partial charge on any atom is 0.261 e. The summed E-state index contributed by atoms with van der Waals surface area (Å²) < 4.78 is 5.82. The van der Waals surface area contributed by atoms with Gasteiger partial charge in [-0.3, -0.25) is 9.69 Å². The molecular formula is C19H30N2O2S. The topological polar surface area (TPSA) is 41.6 Å². The van der Waals surface area contributed by atoms with Crippen LogP contribution < -0.4 is 5.32 Å². The van der Waals surface area contributed by atoms with Gasteiger partial charge < -0.3 is 10.1 Å². The van der Waals surface area contributed by atoms with Gasteiger partial charge in [0.05, 0.1) is 17.6 Å². The molecule has 5 heteroatoms. The third-order valence-corrected chi connectivity index (χ3v) is 6.04. The van der Waals surface area contributed by atoms with E-state index in [1.54, 1.807) is 11.3 Å². The summed E-state index contributed by atoms with van der Waals surface area (Å²) in [5.74, 6) is 0.734. The maximum absolute atomic E-state index is 12.5. The molecule has 1 aliphatic heterocycles. The molecule has 1 unspecified atom stereocenters. The highest BCUT2D eigenvalue weighted by Gasteiger charge is 2.22. The van der Waals surface area contributed by atoms with Crippen molar-refractivity contribution in [2.24, 2.45) is 5.92 Å². The second-order valence-electron chi connectivity index (χ2n) is 7.48. The first-order chi connectivity index (χ1) is 11.6. The first-order valence-corrected chi connectivity index (χ1v) is 10.2. The molecule has 0 saturated carbocycles. The molecule has 1 N–H and O–H groups in total. The van der Waals surface area contributed by atoms with Crippen LogP contribution in [0, 0.1) is 5.92 Å². The minimum Gasteiger partial charge on any atom is -0.374 e. The van der Waals surface area contributed by atoms with E-state index in [9.17, 15) is 4.79 Å². The van der Waals surface area contributed by atoms with Crippen molar-refractivity contribution in [1.82, 2.24) is 10.2 Å². The van der Waals surface area contributed by atoms with E-state index in [2.05, 4.69) is 30.1 Å². The fourth-order valence-corrected chi connectivity index (χ4v) is 4.83. The molecule has 3 rings (SSSR count). The van der Waals surface area contributed by atoms with Gasteiger partial charge in [-0.15, -0.1) is 11.3 Å². The first kappa shape index (κ1) is 17.9. The van der Waals surface area contributed by atoms with Gasteiger partial charge in [0.1, 0.15) is 0 Å². The van der Waals surface area contributed by atoms with Crippen molar-refractivity contribution >= 4 is 17.2 Å². The maximum atomic E-state index is 12.5. The number of amides is 1. The Labute approximate surface area is 149 Å². The van der Waals surface area contributed by atoms with E-state index >= 15 is 0 Å². The van der Waals surface area contributed by atoms with Gasteiger partial charge in [-0.1, -0.05) is 20.3 Å². The average molecular weight is 351 g/mol. The van der Waals surface area contributed by atoms with E-state index in [4.69, 9.17) is 4.74 Å². The largest absolute Gasteiger partial charge is 0.374 e. The number of hydrogen-bond donors (Lipinski definition) is 1. The summed E-state index contributed by atoms with van der Waals surface area (Å²) in [4.78, 5) is 17.2. The van der Waals surface area contributed by atoms with Crippen LogP contribution in [0.4, 0.5) is 0 Å². The number of morpholine rings is 1. The summed E-state index contributed by atoms with van der Waals surface area (Å²) in [5, 5.41) is 3.09. The zero-order chi connectivity index (χ0) is 16.9. The van der Waals surface area contributed by atoms with Crippen LogP contribution in [0.1, 0.15) is 53.2 Å². The SMILES string of the molecule is CC(C)CN1CCOC(CNC(=O)c2cc3c(s2)CCCCC3)C1. The quantitative estimate of drug-likeness (QED) is 0.830. The Hall–Kier alpha value is -0.910. The average Bonchev–Trinajstić information content (AvgIpc) is 2.83. The number of thiophene rings is 1. The van der Waals surface area contributed by atoms with Crippen molar-refractivity contribution < 1.29 is 9.53 Å². The molecule has 1 atom stereocenters. The van der Waals surface area contributed by atoms with Crippen LogP contribution in [0.3, 0.4) is 0 Å². The number of nitrogens with zero attached hydrogens (tertiary/aromatic N) is 1. The first-order valence-electron chi connectivity index (χ1n) is 9.35. The van der Waals surface area contributed by atoms with Gasteiger partial charge in [0.15, 0.2) is 0 Å². The molecule has 1 aromatic rings. The van der Waals surface area contributed by atoms with Crippen LogP contribution in [0.5, 0.6) is 0 Å². The molecule has 0 aromatic carbocycles. The van der Waals surface area contributed by atoms with Crippen molar-refractivity contribution in [3.05, 3.63) is 21.4 Å². The van der Waals surface area contributed by atoms with Crippen LogP contribution in [-0.2, 0) is 17.6 Å². The molecule has 0 spiro atoms. The zero-order valence-corrected chi connectivity index (χ0v) is 15.8. The molecule has 1 fully saturated rings. The molecule has 0 bridgehead atoms. The predicted octanol–water partition coefficient (Wildman–Crippen LogP) is 3.10. The molecule has 4 nitrogen and oxygen atoms in total. The molecule has 24 heavy (non-hydrogen) atoms. The Balaban J connectivity index is 1.50. The van der Waals surface area contributed by atoms with Crippen molar-refractivity contribution in [2.45, 2.75) is 52.1 Å². The van der Waals surface area contributed by atoms with E-state index < -0.39 is 0 Å². The third kappa shape index (κ3) is 4.80. The van der Waals surface area contributed by atoms with E-state index in [1.165, 1.54) is 29.7 Å². The van der Waals surface area contributed by atoms with Gasteiger partial charge in [0.25, 0.3) is 5.91 Å². The van der Waals surface area contributed by atoms with E-state index in [0.29, 0.717) is 12.5 Å². The van der Waals surface area contributed by atoms with Crippen LogP contribution in [0.25, 0.3) is 0 Å². The van der Waals surface area contributed by atoms with Crippen LogP contribution in [0.2, 0.25) is 0 Å². The number of carbonyl (C=O) groups is 1. The second kappa shape index (κ2) is 8.45. The molecule has 1 aliphatic carbocycles. The smallest absolute Gasteiger partial charge is 0.261 e. The van der Waals surface area contributed by atoms with Crippen molar-refractivity contribution in [2.75, 3.05) is 32.8 Å². The number of aryl methyl sites for hydroxylation is 2. The standard InChI is InChI=1S/C19H30N2O2S/c1-14(2)12-21-8-9-23-16(13-21)11-20-19(22)18-10-15-6-4-3-5-7-17(15)24-18/h10,14,16H,3-9,11-13H2,1-2H3,(H,20,22). The highest BCUT2D eigenvalue weighted by atomic mass is 32.1. The summed E-state index contributed by atoms with van der Waals surface area (Å²) >= 11 is 1.69. The Bertz CT molecular complexity index is 532. The highest BCUT2D eigenvalue weighted by molar-refractivity contribution is 7.14. The minimum absolute atomic E-state index is 0.0673. The lowest BCUT2D eigenvalue weighted by Gasteiger charge is -2.33. The monoisotopic (exact) mass is 350 g/mol. The summed E-state index contributed by atoms with van der Waals surface area (Å²) in [6.07, 6.45) is 6.22. The summed E-state index contributed by atoms with van der Waals surface area (Å²) in [7, 11) is 0. The number of ether oxygens (including phenoxy) is 1. The number of rotatable bonds is 5. The number of hydrogen-bond acceptors (Lipinski definition) is 4. The number of fused-ring (bicyclic) bond motifs is 1. The normalized spacial score (nSPS) is 22.2. The number of carbonyl (C=O) groups excluding carboxylic acids is 1. The van der Waals surface area contributed by atoms with Crippen LogP contribution >= 0.6 is 11.3 Å². The minimum atomic E-state index is 0.0673. The molecule has 1 aromatic heterocycles. The van der Waals surface area contributed by atoms with Gasteiger partial charge in [0.2, 0.25) is 0 Å². The Morgan fingerprint density at radius 3 is 3.04 bits per heavy atom. The van der Waals surface area contributed by atoms with Crippen molar-refractivity contribution in [3.8, 4) is 0 Å². The molecule has 1 saturated heterocycles. The van der Waals surface area contributed by atoms with E-state index in [-0.39, 0.29) is 12.0 Å². The van der Waals surface area contributed by atoms with Crippen molar-refractivity contribution in [1.29, 1.82) is 0 Å². The Kier molecular flexibility index (Phi) is 6.31. The lowest BCUT2D eigenvalue weighted by atomic mass is 10.1. The van der Waals surface area contributed by atoms with E-state index in [1.807, 2.05) is 0 Å². The van der Waals surface area contributed by atoms with Gasteiger partial charge >= 0.3 is 0 Å². The van der Waals surface area contributed by atoms with Gasteiger partial charge in [-0.05, 0) is 43.2 Å². The highest BCUT2D eigenvalue weighted by Crippen LogP contribution is 2.28. The number of nitrogens with one attached hydrogen (secondary N) is 1. The predicted molar refractivity (Wildman–Crippen MR) is 98.9 cm³/mol. The van der Waals surface area contributed by atoms with Gasteiger partial charge in [-0.2, -0.15) is 0 Å². The van der Waals surface area contributed by atoms with Crippen LogP contribution in [-0.4, -0.2) is 49.7 Å². The Morgan fingerprint density at radius 2 is 2.21 bits per heavy atom. The molecule has 0 radical (unpaired) electrons. The molecule has 2 aliphatic rings. The zero-order valence-electron chi connectivity index (χ0n) is 15.0. The fraction of sp³-hybridized carbons (Fsp3) is 0.737. The summed E-state index contributed by atoms with van der Waals surface area (Å²) in [5.41, 5.74) is 1.40. The summed E-state index contributed by atoms with van der Waals surface area (Å²) in [6, 6.07) is 2.12.